The normalized spacial score (nSPS) is 20.8. The van der Waals surface area contributed by atoms with E-state index < -0.39 is 63.1 Å². The molecule has 5 fully saturated rings. The number of hydrogen-bond donors (Lipinski definition) is 12. The van der Waals surface area contributed by atoms with Gasteiger partial charge in [0.05, 0.1) is 19.6 Å². The van der Waals surface area contributed by atoms with E-state index in [0.29, 0.717) is 98.7 Å². The third-order valence-electron chi connectivity index (χ3n) is 19.8. The van der Waals surface area contributed by atoms with Crippen LogP contribution in [0.3, 0.4) is 0 Å². The summed E-state index contributed by atoms with van der Waals surface area (Å²) in [6, 6.07) is 20.1. The van der Waals surface area contributed by atoms with E-state index in [1.54, 1.807) is 118 Å². The van der Waals surface area contributed by atoms with Crippen LogP contribution in [0.25, 0.3) is 0 Å². The first kappa shape index (κ1) is 87.5. The maximum atomic E-state index is 13.3. The van der Waals surface area contributed by atoms with Crippen LogP contribution in [0.15, 0.2) is 140 Å². The zero-order valence-electron chi connectivity index (χ0n) is 65.9. The molecule has 9 aliphatic rings. The van der Waals surface area contributed by atoms with Gasteiger partial charge in [0.1, 0.15) is 131 Å². The number of piperidine rings is 5. The van der Waals surface area contributed by atoms with E-state index in [4.69, 9.17) is 55.7 Å². The number of amides is 7. The molecule has 14 N–H and O–H groups in total. The molecule has 4 spiro atoms. The summed E-state index contributed by atoms with van der Waals surface area (Å²) in [6.07, 6.45) is 15.5. The molecule has 5 saturated heterocycles. The third-order valence-corrected chi connectivity index (χ3v) is 20.7. The molecule has 4 unspecified atom stereocenters. The van der Waals surface area contributed by atoms with Crippen LogP contribution in [-0.2, 0) is 36.9 Å². The second-order valence-corrected chi connectivity index (χ2v) is 32.0. The Morgan fingerprint density at radius 1 is 0.462 bits per heavy atom. The lowest BCUT2D eigenvalue weighted by Crippen LogP contribution is -2.59. The molecule has 0 radical (unpaired) electrons. The van der Waals surface area contributed by atoms with Gasteiger partial charge in [0.15, 0.2) is 0 Å². The number of halogens is 3. The smallest absolute Gasteiger partial charge is 0.410 e. The number of nitrogens with one attached hydrogen (secondary N) is 10. The van der Waals surface area contributed by atoms with Crippen LogP contribution in [0, 0.1) is 0 Å². The molecule has 119 heavy (non-hydrogen) atoms. The van der Waals surface area contributed by atoms with Crippen molar-refractivity contribution in [3.8, 4) is 0 Å². The van der Waals surface area contributed by atoms with Crippen molar-refractivity contribution in [2.24, 2.45) is 5.73 Å². The van der Waals surface area contributed by atoms with Gasteiger partial charge in [0.2, 0.25) is 0 Å². The molecule has 7 amide bonds. The molecule has 0 aromatic carbocycles. The standard InChI is InChI=1S/C20H24N6O4.C16H20ClN3O4.C15H16N6O2.C11H12ClN3O2.C6H5ClN2O2.C5H9NO.C4H5N3/c1-19(2,3)30-18(29)25-10-4-8-20(11-25)24-16(27)14-6-5-13(17(28)26(14)20)23-15-7-9-21-12-22-15;1-15(2,3)24-14(23)19-8-4-7-16(9-19)18-12(21)11-6-5-10(17)13(22)20(11)16;22-13-11-3-2-10(19-12-4-7-17-9-18-12)14(23)21(11)15(20-13)5-1-6-16-8-15;12-7-2-3-8-9(16)14-11(15(8)10(7)17)4-1-5-13-6-11;7-3-1-2-4(5(8)10)9-6(3)11;7-5-2-1-3-6-4-5;5-4-1-2-6-3-7-4/h5-7,9,12H,4,8,10-11H2,1-3H3,(H,24,27)(H,21,22,23);5-6H,4,7-9H2,1-3H3,(H,18,21);2-4,7,9,16H,1,5-6,8H2,(H,20,22)(H,17,18,19);2-3,13H,1,4-6H2,(H,14,16);1-2H,(H2,8,10)(H,9,11);6H,1-4H2;1-3H,(H2,5,6,7). The maximum absolute atomic E-state index is 13.3. The third kappa shape index (κ3) is 20.6. The minimum atomic E-state index is -1.01. The SMILES string of the molecule is CC(C)(C)OC(=O)N1CCCC2(C1)NC(=O)c1ccc(Cl)c(=O)n12.CC(C)(C)OC(=O)N1CCCC2(C1)NC(=O)c1ccc(Nc3ccncn3)c(=O)n12.NC(=O)c1ccc(Cl)c(=O)[nH]1.Nc1ccncn1.O=C1CCCNC1.O=C1NC2(CCCNC2)n2c1ccc(Cl)c2=O.O=C1NC2(CCCNC2)n2c1ccc(Nc1ccncn1)c2=O. The number of fused-ring (bicyclic) bond motifs is 8. The van der Waals surface area contributed by atoms with Gasteiger partial charge in [-0.1, -0.05) is 34.8 Å². The Bertz CT molecular complexity index is 5450. The van der Waals surface area contributed by atoms with E-state index in [1.807, 2.05) is 0 Å². The van der Waals surface area contributed by atoms with Crippen LogP contribution in [0.1, 0.15) is 158 Å². The van der Waals surface area contributed by atoms with Gasteiger partial charge in [0, 0.05) is 51.2 Å². The highest BCUT2D eigenvalue weighted by molar-refractivity contribution is 6.31. The predicted octanol–water partition coefficient (Wildman–Crippen LogP) is 4.31. The van der Waals surface area contributed by atoms with Crippen molar-refractivity contribution in [1.82, 2.24) is 100 Å². The van der Waals surface area contributed by atoms with Crippen molar-refractivity contribution in [2.45, 2.75) is 140 Å². The molecule has 8 aromatic rings. The van der Waals surface area contributed by atoms with Gasteiger partial charge in [-0.25, -0.2) is 39.5 Å². The van der Waals surface area contributed by atoms with E-state index in [2.05, 4.69) is 82.7 Å². The number of nitrogens with two attached hydrogens (primary N) is 2. The number of carbonyl (C=O) groups excluding carboxylic acids is 8. The minimum absolute atomic E-state index is 0.0370. The van der Waals surface area contributed by atoms with E-state index in [-0.39, 0.29) is 91.2 Å². The second kappa shape index (κ2) is 37.1. The molecule has 630 valence electrons. The molecule has 42 heteroatoms. The molecule has 9 aliphatic heterocycles. The Morgan fingerprint density at radius 2 is 0.849 bits per heavy atom. The highest BCUT2D eigenvalue weighted by Crippen LogP contribution is 2.36. The van der Waals surface area contributed by atoms with Crippen molar-refractivity contribution < 1.29 is 47.8 Å². The number of hydrogen-bond acceptors (Lipinski definition) is 27. The summed E-state index contributed by atoms with van der Waals surface area (Å²) in [7, 11) is 0. The number of H-pyrrole nitrogens is 1. The first-order chi connectivity index (χ1) is 56.5. The number of pyridine rings is 5. The van der Waals surface area contributed by atoms with E-state index >= 15 is 0 Å². The number of anilines is 5. The maximum Gasteiger partial charge on any atom is 0.410 e. The van der Waals surface area contributed by atoms with Crippen molar-refractivity contribution in [3.05, 3.63) is 212 Å². The summed E-state index contributed by atoms with van der Waals surface area (Å²) >= 11 is 17.2. The van der Waals surface area contributed by atoms with Gasteiger partial charge in [-0.05, 0) is 198 Å². The first-order valence-electron chi connectivity index (χ1n) is 38.1. The molecular weight excluding hydrogens is 1610 g/mol. The summed E-state index contributed by atoms with van der Waals surface area (Å²) in [5, 5.41) is 27.3. The number of nitrogens with zero attached hydrogens (tertiary/aromatic N) is 12. The number of likely N-dealkylation sites (tertiary alicyclic amines) is 2. The lowest BCUT2D eigenvalue weighted by atomic mass is 9.98. The molecule has 8 aromatic heterocycles. The fraction of sp³-hybridized carbons (Fsp3) is 0.416. The Kier molecular flexibility index (Phi) is 27.3. The fourth-order valence-electron chi connectivity index (χ4n) is 14.6. The summed E-state index contributed by atoms with van der Waals surface area (Å²) in [4.78, 5) is 185. The monoisotopic (exact) mass is 1700 g/mol. The molecule has 17 heterocycles. The second-order valence-electron chi connectivity index (χ2n) is 30.8. The van der Waals surface area contributed by atoms with E-state index in [9.17, 15) is 62.3 Å². The average molecular weight is 1700 g/mol. The molecule has 4 atom stereocenters. The van der Waals surface area contributed by atoms with Gasteiger partial charge < -0.3 is 83.6 Å². The summed E-state index contributed by atoms with van der Waals surface area (Å²) < 4.78 is 16.8. The number of primary amides is 1. The number of rotatable bonds is 5. The minimum Gasteiger partial charge on any atom is -0.444 e. The summed E-state index contributed by atoms with van der Waals surface area (Å²) in [5.41, 5.74) is 5.74. The van der Waals surface area contributed by atoms with Crippen molar-refractivity contribution in [2.75, 3.05) is 81.8 Å². The number of ether oxygens (including phenoxy) is 2. The molecular formula is C77H91Cl3N24O15. The Balaban J connectivity index is 0.000000143. The number of aromatic amines is 1. The largest absolute Gasteiger partial charge is 0.444 e. The van der Waals surface area contributed by atoms with Crippen molar-refractivity contribution >= 4 is 111 Å². The number of carbonyl (C=O) groups is 8. The van der Waals surface area contributed by atoms with Crippen LogP contribution >= 0.6 is 34.8 Å². The van der Waals surface area contributed by atoms with Gasteiger partial charge in [-0.2, -0.15) is 0 Å². The lowest BCUT2D eigenvalue weighted by molar-refractivity contribution is -0.119. The molecule has 39 nitrogen and oxygen atoms in total. The zero-order chi connectivity index (χ0) is 85.8. The van der Waals surface area contributed by atoms with Crippen LogP contribution < -0.4 is 87.1 Å². The number of ketones is 1. The van der Waals surface area contributed by atoms with Gasteiger partial charge in [-0.15, -0.1) is 0 Å². The summed E-state index contributed by atoms with van der Waals surface area (Å²) in [5.74, 6) is 0.0853. The molecule has 0 aliphatic carbocycles. The number of Topliss-reactive ketones (excluding diaryl/α,β-unsaturated/α-hetero) is 1. The first-order valence-corrected chi connectivity index (χ1v) is 39.2. The van der Waals surface area contributed by atoms with Crippen molar-refractivity contribution in [1.29, 1.82) is 0 Å². The Morgan fingerprint density at radius 3 is 1.19 bits per heavy atom. The molecule has 0 bridgehead atoms. The van der Waals surface area contributed by atoms with Gasteiger partial charge >= 0.3 is 12.2 Å². The van der Waals surface area contributed by atoms with E-state index in [1.165, 1.54) is 67.9 Å². The van der Waals surface area contributed by atoms with Crippen LogP contribution in [0.2, 0.25) is 15.1 Å². The predicted molar refractivity (Wildman–Crippen MR) is 438 cm³/mol. The van der Waals surface area contributed by atoms with Crippen LogP contribution in [0.4, 0.5) is 38.4 Å². The molecule has 0 saturated carbocycles. The highest BCUT2D eigenvalue weighted by atomic mass is 35.5. The Labute approximate surface area is 694 Å². The van der Waals surface area contributed by atoms with Crippen LogP contribution in [-0.4, -0.2) is 187 Å². The highest BCUT2D eigenvalue weighted by Gasteiger charge is 2.51. The topological polar surface area (TPSA) is 520 Å². The number of aromatic nitrogens is 11. The Hall–Kier alpha value is -12.3. The summed E-state index contributed by atoms with van der Waals surface area (Å²) in [6.45, 7) is 16.6. The fourth-order valence-corrected chi connectivity index (χ4v) is 15.0. The van der Waals surface area contributed by atoms with Gasteiger partial charge in [0.25, 0.3) is 57.3 Å². The average Bonchev–Trinajstić information content (AvgIpc) is 1.61. The number of nitrogen functional groups attached to an aromatic ring is 1. The zero-order valence-corrected chi connectivity index (χ0v) is 68.2. The molecule has 17 rings (SSSR count). The lowest BCUT2D eigenvalue weighted by Gasteiger charge is -2.41. The van der Waals surface area contributed by atoms with E-state index in [0.717, 1.165) is 58.2 Å². The van der Waals surface area contributed by atoms with Crippen LogP contribution in [0.5, 0.6) is 0 Å². The quantitative estimate of drug-likeness (QED) is 0.114. The van der Waals surface area contributed by atoms with Gasteiger partial charge in [-0.3, -0.25) is 71.0 Å². The van der Waals surface area contributed by atoms with Crippen molar-refractivity contribution in [3.63, 3.8) is 0 Å².